The SMILES string of the molecule is CC1=C(C)C2C(=O)NC(C(=O)NCc3cc4c(c(F)c3F)OCC(=O)N4)=NC2S1. The van der Waals surface area contributed by atoms with E-state index in [0.29, 0.717) is 0 Å². The van der Waals surface area contributed by atoms with Gasteiger partial charge < -0.3 is 20.7 Å². The molecule has 0 radical (unpaired) electrons. The molecule has 8 nitrogen and oxygen atoms in total. The highest BCUT2D eigenvalue weighted by atomic mass is 32.2. The van der Waals surface area contributed by atoms with Crippen molar-refractivity contribution in [3.05, 3.63) is 33.7 Å². The van der Waals surface area contributed by atoms with Crippen LogP contribution in [0.2, 0.25) is 0 Å². The molecule has 0 fully saturated rings. The van der Waals surface area contributed by atoms with E-state index in [0.717, 1.165) is 10.5 Å². The van der Waals surface area contributed by atoms with Gasteiger partial charge >= 0.3 is 0 Å². The molecule has 11 heteroatoms. The van der Waals surface area contributed by atoms with Crippen LogP contribution < -0.4 is 20.7 Å². The van der Waals surface area contributed by atoms with E-state index in [2.05, 4.69) is 20.9 Å². The monoisotopic (exact) mass is 422 g/mol. The summed E-state index contributed by atoms with van der Waals surface area (Å²) in [5, 5.41) is 6.84. The molecule has 4 rings (SSSR count). The number of carbonyl (C=O) groups excluding carboxylic acids is 3. The van der Waals surface area contributed by atoms with Crippen molar-refractivity contribution in [3.63, 3.8) is 0 Å². The van der Waals surface area contributed by atoms with Gasteiger partial charge in [-0.2, -0.15) is 4.39 Å². The molecule has 3 N–H and O–H groups in total. The number of hydrogen-bond donors (Lipinski definition) is 3. The average molecular weight is 422 g/mol. The molecule has 29 heavy (non-hydrogen) atoms. The lowest BCUT2D eigenvalue weighted by Crippen LogP contribution is -2.50. The van der Waals surface area contributed by atoms with Crippen LogP contribution in [0.1, 0.15) is 19.4 Å². The molecule has 1 aromatic carbocycles. The van der Waals surface area contributed by atoms with Crippen molar-refractivity contribution in [1.29, 1.82) is 0 Å². The third-order valence-electron chi connectivity index (χ3n) is 4.90. The number of aliphatic imine (C=N–C) groups is 1. The fourth-order valence-electron chi connectivity index (χ4n) is 3.28. The Hall–Kier alpha value is -2.95. The minimum atomic E-state index is -1.25. The van der Waals surface area contributed by atoms with Crippen LogP contribution in [0.5, 0.6) is 5.75 Å². The van der Waals surface area contributed by atoms with Crippen molar-refractivity contribution < 1.29 is 27.9 Å². The summed E-state index contributed by atoms with van der Waals surface area (Å²) in [4.78, 5) is 41.4. The zero-order valence-corrected chi connectivity index (χ0v) is 16.2. The molecule has 1 aromatic rings. The predicted molar refractivity (Wildman–Crippen MR) is 101 cm³/mol. The van der Waals surface area contributed by atoms with Crippen LogP contribution in [0, 0.1) is 17.6 Å². The van der Waals surface area contributed by atoms with E-state index in [4.69, 9.17) is 4.74 Å². The first-order valence-electron chi connectivity index (χ1n) is 8.70. The number of benzene rings is 1. The van der Waals surface area contributed by atoms with Crippen molar-refractivity contribution in [2.75, 3.05) is 11.9 Å². The molecular formula is C18H16F2N4O4S. The number of amides is 3. The van der Waals surface area contributed by atoms with Gasteiger partial charge in [-0.05, 0) is 30.4 Å². The average Bonchev–Trinajstić information content (AvgIpc) is 2.97. The van der Waals surface area contributed by atoms with Crippen LogP contribution in [0.25, 0.3) is 0 Å². The number of carbonyl (C=O) groups is 3. The van der Waals surface area contributed by atoms with Crippen LogP contribution in [-0.4, -0.2) is 35.5 Å². The summed E-state index contributed by atoms with van der Waals surface area (Å²) >= 11 is 1.40. The van der Waals surface area contributed by atoms with Crippen LogP contribution in [-0.2, 0) is 20.9 Å². The Morgan fingerprint density at radius 3 is 2.83 bits per heavy atom. The third-order valence-corrected chi connectivity index (χ3v) is 6.19. The zero-order valence-electron chi connectivity index (χ0n) is 15.4. The van der Waals surface area contributed by atoms with E-state index < -0.39 is 41.3 Å². The number of anilines is 1. The largest absolute Gasteiger partial charge is 0.478 e. The van der Waals surface area contributed by atoms with Gasteiger partial charge in [0.1, 0.15) is 5.37 Å². The van der Waals surface area contributed by atoms with Gasteiger partial charge in [0, 0.05) is 12.1 Å². The molecule has 0 aromatic heterocycles. The Morgan fingerprint density at radius 2 is 2.07 bits per heavy atom. The molecule has 2 atom stereocenters. The molecule has 0 bridgehead atoms. The maximum absolute atomic E-state index is 14.3. The maximum Gasteiger partial charge on any atom is 0.287 e. The quantitative estimate of drug-likeness (QED) is 0.683. The number of halogens is 2. The first-order chi connectivity index (χ1) is 13.8. The van der Waals surface area contributed by atoms with Crippen LogP contribution in [0.15, 0.2) is 21.5 Å². The summed E-state index contributed by atoms with van der Waals surface area (Å²) in [5.41, 5.74) is 0.705. The van der Waals surface area contributed by atoms with E-state index in [1.54, 1.807) is 0 Å². The third kappa shape index (κ3) is 3.35. The highest BCUT2D eigenvalue weighted by molar-refractivity contribution is 8.04. The Morgan fingerprint density at radius 1 is 1.31 bits per heavy atom. The molecule has 0 spiro atoms. The molecule has 3 amide bonds. The highest BCUT2D eigenvalue weighted by Crippen LogP contribution is 2.43. The van der Waals surface area contributed by atoms with Crippen molar-refractivity contribution >= 4 is 41.0 Å². The molecule has 2 unspecified atom stereocenters. The summed E-state index contributed by atoms with van der Waals surface area (Å²) in [6.45, 7) is 2.95. The summed E-state index contributed by atoms with van der Waals surface area (Å²) < 4.78 is 33.4. The van der Waals surface area contributed by atoms with Crippen molar-refractivity contribution in [1.82, 2.24) is 10.6 Å². The van der Waals surface area contributed by atoms with Gasteiger partial charge in [0.25, 0.3) is 11.8 Å². The molecular weight excluding hydrogens is 406 g/mol. The summed E-state index contributed by atoms with van der Waals surface area (Å²) in [6, 6.07) is 1.19. The second kappa shape index (κ2) is 7.14. The topological polar surface area (TPSA) is 109 Å². The van der Waals surface area contributed by atoms with Crippen LogP contribution >= 0.6 is 11.8 Å². The van der Waals surface area contributed by atoms with Gasteiger partial charge in [0.05, 0.1) is 11.6 Å². The lowest BCUT2D eigenvalue weighted by atomic mass is 9.98. The Balaban J connectivity index is 1.50. The van der Waals surface area contributed by atoms with E-state index in [-0.39, 0.29) is 35.3 Å². The second-order valence-electron chi connectivity index (χ2n) is 6.75. The summed E-state index contributed by atoms with van der Waals surface area (Å²) in [6.07, 6.45) is 0. The summed E-state index contributed by atoms with van der Waals surface area (Å²) in [5.74, 6) is -4.99. The number of thioether (sulfide) groups is 1. The van der Waals surface area contributed by atoms with E-state index in [1.165, 1.54) is 17.8 Å². The molecule has 0 saturated carbocycles. The predicted octanol–water partition coefficient (Wildman–Crippen LogP) is 1.42. The number of rotatable bonds is 3. The van der Waals surface area contributed by atoms with Crippen LogP contribution in [0.3, 0.4) is 0 Å². The Kier molecular flexibility index (Phi) is 4.77. The van der Waals surface area contributed by atoms with E-state index in [9.17, 15) is 23.2 Å². The number of fused-ring (bicyclic) bond motifs is 2. The van der Waals surface area contributed by atoms with Gasteiger partial charge in [0.15, 0.2) is 24.0 Å². The standard InChI is InChI=1S/C18H16F2N4O4S/c1-6-7(2)29-18-11(6)16(26)23-15(24-18)17(27)21-4-8-3-9-14(13(20)12(8)19)28-5-10(25)22-9/h3,11,18H,4-5H2,1-2H3,(H,21,27)(H,22,25)(H,23,24,26). The van der Waals surface area contributed by atoms with E-state index in [1.807, 2.05) is 13.8 Å². The first-order valence-corrected chi connectivity index (χ1v) is 9.58. The van der Waals surface area contributed by atoms with E-state index >= 15 is 0 Å². The van der Waals surface area contributed by atoms with Crippen molar-refractivity contribution in [3.8, 4) is 5.75 Å². The second-order valence-corrected chi connectivity index (χ2v) is 8.08. The summed E-state index contributed by atoms with van der Waals surface area (Å²) in [7, 11) is 0. The lowest BCUT2D eigenvalue weighted by Gasteiger charge is -2.24. The minimum absolute atomic E-state index is 0.0186. The van der Waals surface area contributed by atoms with Crippen molar-refractivity contribution in [2.24, 2.45) is 10.9 Å². The number of amidine groups is 1. The molecule has 0 saturated heterocycles. The number of allylic oxidation sites excluding steroid dienone is 1. The molecule has 0 aliphatic carbocycles. The molecule has 152 valence electrons. The number of ether oxygens (including phenoxy) is 1. The number of nitrogens with one attached hydrogen (secondary N) is 3. The molecule has 3 aliphatic rings. The number of nitrogens with zero attached hydrogens (tertiary/aromatic N) is 1. The normalized spacial score (nSPS) is 22.8. The fraction of sp³-hybridized carbons (Fsp3) is 0.333. The zero-order chi connectivity index (χ0) is 20.9. The van der Waals surface area contributed by atoms with Gasteiger partial charge in [-0.3, -0.25) is 14.4 Å². The smallest absolute Gasteiger partial charge is 0.287 e. The van der Waals surface area contributed by atoms with Gasteiger partial charge in [0.2, 0.25) is 11.7 Å². The van der Waals surface area contributed by atoms with Gasteiger partial charge in [-0.25, -0.2) is 9.38 Å². The van der Waals surface area contributed by atoms with Crippen LogP contribution in [0.4, 0.5) is 14.5 Å². The maximum atomic E-state index is 14.3. The Bertz CT molecular complexity index is 1020. The van der Waals surface area contributed by atoms with Gasteiger partial charge in [-0.15, -0.1) is 11.8 Å². The number of hydrogen-bond acceptors (Lipinski definition) is 6. The fourth-order valence-corrected chi connectivity index (χ4v) is 4.58. The highest BCUT2D eigenvalue weighted by Gasteiger charge is 2.41. The first kappa shape index (κ1) is 19.4. The molecule has 3 heterocycles. The Labute approximate surface area is 168 Å². The molecule has 3 aliphatic heterocycles. The van der Waals surface area contributed by atoms with Crippen molar-refractivity contribution in [2.45, 2.75) is 25.8 Å². The minimum Gasteiger partial charge on any atom is -0.478 e. The lowest BCUT2D eigenvalue weighted by molar-refractivity contribution is -0.124. The van der Waals surface area contributed by atoms with Gasteiger partial charge in [-0.1, -0.05) is 0 Å².